The molecule has 26 heavy (non-hydrogen) atoms. The van der Waals surface area contributed by atoms with Crippen molar-refractivity contribution in [2.45, 2.75) is 40.0 Å². The summed E-state index contributed by atoms with van der Waals surface area (Å²) in [5.74, 6) is -0.302. The number of nitrogens with one attached hydrogen (secondary N) is 2. The average Bonchev–Trinajstić information content (AvgIpc) is 2.93. The molecule has 0 fully saturated rings. The molecular formula is C19H25ClN4O2. The van der Waals surface area contributed by atoms with E-state index < -0.39 is 0 Å². The maximum Gasteiger partial charge on any atom is 0.255 e. The van der Waals surface area contributed by atoms with Gasteiger partial charge in [-0.3, -0.25) is 14.7 Å². The number of aryl methyl sites for hydroxylation is 2. The van der Waals surface area contributed by atoms with Crippen molar-refractivity contribution in [2.24, 2.45) is 0 Å². The highest BCUT2D eigenvalue weighted by atomic mass is 35.5. The fraction of sp³-hybridized carbons (Fsp3) is 0.421. The molecule has 0 bridgehead atoms. The molecule has 7 heteroatoms. The van der Waals surface area contributed by atoms with Crippen molar-refractivity contribution in [1.29, 1.82) is 0 Å². The van der Waals surface area contributed by atoms with Crippen LogP contribution in [0.3, 0.4) is 0 Å². The van der Waals surface area contributed by atoms with E-state index in [2.05, 4.69) is 15.5 Å². The number of carbonyl (C=O) groups excluding carboxylic acids is 2. The maximum atomic E-state index is 12.8. The van der Waals surface area contributed by atoms with Gasteiger partial charge >= 0.3 is 0 Å². The lowest BCUT2D eigenvalue weighted by molar-refractivity contribution is -0.115. The number of benzene rings is 1. The van der Waals surface area contributed by atoms with Crippen LogP contribution in [0.15, 0.2) is 18.2 Å². The molecule has 0 saturated carbocycles. The van der Waals surface area contributed by atoms with Crippen LogP contribution in [0.2, 0.25) is 5.02 Å². The zero-order valence-corrected chi connectivity index (χ0v) is 16.4. The fourth-order valence-electron chi connectivity index (χ4n) is 2.79. The molecule has 140 valence electrons. The summed E-state index contributed by atoms with van der Waals surface area (Å²) in [6.45, 7) is 6.34. The van der Waals surface area contributed by atoms with Gasteiger partial charge in [0.05, 0.1) is 16.9 Å². The molecule has 0 aliphatic heterocycles. The maximum absolute atomic E-state index is 12.8. The van der Waals surface area contributed by atoms with Crippen molar-refractivity contribution in [3.8, 4) is 0 Å². The number of amides is 2. The van der Waals surface area contributed by atoms with E-state index in [-0.39, 0.29) is 11.8 Å². The minimum atomic E-state index is -0.158. The molecule has 0 spiro atoms. The first-order chi connectivity index (χ1) is 12.3. The lowest BCUT2D eigenvalue weighted by atomic mass is 10.1. The third-order valence-corrected chi connectivity index (χ3v) is 4.59. The quantitative estimate of drug-likeness (QED) is 0.772. The van der Waals surface area contributed by atoms with Gasteiger partial charge in [0.25, 0.3) is 5.91 Å². The van der Waals surface area contributed by atoms with Crippen LogP contribution in [0.5, 0.6) is 0 Å². The number of aromatic amines is 1. The molecule has 0 aliphatic carbocycles. The summed E-state index contributed by atoms with van der Waals surface area (Å²) in [5.41, 5.74) is 4.16. The molecule has 1 aromatic carbocycles. The Labute approximate surface area is 158 Å². The summed E-state index contributed by atoms with van der Waals surface area (Å²) in [5, 5.41) is 10.4. The summed E-state index contributed by atoms with van der Waals surface area (Å²) < 4.78 is 0. The molecule has 2 aromatic rings. The van der Waals surface area contributed by atoms with Crippen molar-refractivity contribution in [1.82, 2.24) is 15.1 Å². The van der Waals surface area contributed by atoms with E-state index in [1.54, 1.807) is 37.1 Å². The number of hydrogen-bond acceptors (Lipinski definition) is 3. The fourth-order valence-corrected chi connectivity index (χ4v) is 2.96. The average molecular weight is 377 g/mol. The minimum absolute atomic E-state index is 0.145. The van der Waals surface area contributed by atoms with Crippen LogP contribution in [-0.4, -0.2) is 40.5 Å². The van der Waals surface area contributed by atoms with Gasteiger partial charge in [0.2, 0.25) is 5.91 Å². The van der Waals surface area contributed by atoms with Crippen molar-refractivity contribution in [3.63, 3.8) is 0 Å². The van der Waals surface area contributed by atoms with Crippen molar-refractivity contribution < 1.29 is 9.59 Å². The Morgan fingerprint density at radius 3 is 2.65 bits per heavy atom. The second kappa shape index (κ2) is 8.85. The van der Waals surface area contributed by atoms with Gasteiger partial charge in [-0.25, -0.2) is 0 Å². The number of aromatic nitrogens is 2. The van der Waals surface area contributed by atoms with Crippen molar-refractivity contribution in [3.05, 3.63) is 45.7 Å². The predicted molar refractivity (Wildman–Crippen MR) is 104 cm³/mol. The first kappa shape index (κ1) is 20.0. The van der Waals surface area contributed by atoms with Gasteiger partial charge in [0, 0.05) is 30.7 Å². The zero-order chi connectivity index (χ0) is 19.3. The molecule has 1 aromatic heterocycles. The minimum Gasteiger partial charge on any atom is -0.342 e. The third-order valence-electron chi connectivity index (χ3n) is 4.35. The Kier molecular flexibility index (Phi) is 6.80. The van der Waals surface area contributed by atoms with E-state index in [0.717, 1.165) is 24.2 Å². The first-order valence-corrected chi connectivity index (χ1v) is 9.06. The zero-order valence-electron chi connectivity index (χ0n) is 15.6. The lowest BCUT2D eigenvalue weighted by Crippen LogP contribution is -2.29. The second-order valence-electron chi connectivity index (χ2n) is 6.33. The summed E-state index contributed by atoms with van der Waals surface area (Å²) in [6, 6.07) is 4.91. The van der Waals surface area contributed by atoms with E-state index in [9.17, 15) is 9.59 Å². The van der Waals surface area contributed by atoms with E-state index in [4.69, 9.17) is 11.6 Å². The van der Waals surface area contributed by atoms with Gasteiger partial charge in [-0.1, -0.05) is 18.5 Å². The Balaban J connectivity index is 2.04. The molecule has 2 rings (SSSR count). The first-order valence-electron chi connectivity index (χ1n) is 8.68. The molecule has 2 amide bonds. The Morgan fingerprint density at radius 2 is 2.04 bits per heavy atom. The van der Waals surface area contributed by atoms with Gasteiger partial charge in [0.15, 0.2) is 0 Å². The number of nitrogens with zero attached hydrogens (tertiary/aromatic N) is 2. The smallest absolute Gasteiger partial charge is 0.255 e. The van der Waals surface area contributed by atoms with Gasteiger partial charge in [-0.05, 0) is 50.5 Å². The van der Waals surface area contributed by atoms with E-state index in [1.165, 1.54) is 5.56 Å². The molecule has 0 unspecified atom stereocenters. The SMILES string of the molecule is CCC(=O)Nc1cc(Cl)ccc1C(=O)N(C)CCCc1c(C)n[nH]c1C. The highest BCUT2D eigenvalue weighted by Crippen LogP contribution is 2.23. The standard InChI is InChI=1S/C19H25ClN4O2/c1-5-18(25)21-17-11-14(20)8-9-16(17)19(26)24(4)10-6-7-15-12(2)22-23-13(15)3/h8-9,11H,5-7,10H2,1-4H3,(H,21,25)(H,22,23). The van der Waals surface area contributed by atoms with E-state index in [1.807, 2.05) is 13.8 Å². The molecule has 2 N–H and O–H groups in total. The Hall–Kier alpha value is -2.34. The summed E-state index contributed by atoms with van der Waals surface area (Å²) in [6.07, 6.45) is 2.01. The molecule has 0 radical (unpaired) electrons. The third kappa shape index (κ3) is 4.85. The van der Waals surface area contributed by atoms with Crippen LogP contribution in [0.4, 0.5) is 5.69 Å². The predicted octanol–water partition coefficient (Wildman–Crippen LogP) is 3.73. The monoisotopic (exact) mass is 376 g/mol. The summed E-state index contributed by atoms with van der Waals surface area (Å²) in [7, 11) is 1.76. The second-order valence-corrected chi connectivity index (χ2v) is 6.77. The van der Waals surface area contributed by atoms with E-state index >= 15 is 0 Å². The van der Waals surface area contributed by atoms with Gasteiger partial charge in [-0.15, -0.1) is 0 Å². The van der Waals surface area contributed by atoms with Crippen LogP contribution in [0.1, 0.15) is 47.1 Å². The van der Waals surface area contributed by atoms with E-state index in [0.29, 0.717) is 29.2 Å². The van der Waals surface area contributed by atoms with Crippen molar-refractivity contribution >= 4 is 29.1 Å². The highest BCUT2D eigenvalue weighted by Gasteiger charge is 2.17. The topological polar surface area (TPSA) is 78.1 Å². The normalized spacial score (nSPS) is 10.7. The van der Waals surface area contributed by atoms with Crippen LogP contribution in [0, 0.1) is 13.8 Å². The number of H-pyrrole nitrogens is 1. The van der Waals surface area contributed by atoms with Gasteiger partial charge < -0.3 is 10.2 Å². The van der Waals surface area contributed by atoms with Gasteiger partial charge in [0.1, 0.15) is 0 Å². The number of halogens is 1. The van der Waals surface area contributed by atoms with Crippen molar-refractivity contribution in [2.75, 3.05) is 18.9 Å². The largest absolute Gasteiger partial charge is 0.342 e. The van der Waals surface area contributed by atoms with Crippen LogP contribution < -0.4 is 5.32 Å². The van der Waals surface area contributed by atoms with Crippen LogP contribution in [0.25, 0.3) is 0 Å². The Morgan fingerprint density at radius 1 is 1.31 bits per heavy atom. The van der Waals surface area contributed by atoms with Gasteiger partial charge in [-0.2, -0.15) is 5.10 Å². The number of hydrogen-bond donors (Lipinski definition) is 2. The molecule has 0 saturated heterocycles. The lowest BCUT2D eigenvalue weighted by Gasteiger charge is -2.19. The van der Waals surface area contributed by atoms with Crippen LogP contribution >= 0.6 is 11.6 Å². The number of rotatable bonds is 7. The summed E-state index contributed by atoms with van der Waals surface area (Å²) in [4.78, 5) is 26.2. The molecule has 0 aliphatic rings. The number of anilines is 1. The molecule has 0 atom stereocenters. The molecular weight excluding hydrogens is 352 g/mol. The summed E-state index contributed by atoms with van der Waals surface area (Å²) >= 11 is 6.01. The Bertz CT molecular complexity index is 781. The molecule has 6 nitrogen and oxygen atoms in total. The van der Waals surface area contributed by atoms with Crippen LogP contribution in [-0.2, 0) is 11.2 Å². The highest BCUT2D eigenvalue weighted by molar-refractivity contribution is 6.31. The number of carbonyl (C=O) groups is 2. The molecule has 1 heterocycles.